The first-order valence-electron chi connectivity index (χ1n) is 12.7. The van der Waals surface area contributed by atoms with Crippen LogP contribution in [0.2, 0.25) is 0 Å². The van der Waals surface area contributed by atoms with Gasteiger partial charge < -0.3 is 5.32 Å². The number of carbonyl (C=O) groups excluding carboxylic acids is 1. The highest BCUT2D eigenvalue weighted by Crippen LogP contribution is 2.26. The summed E-state index contributed by atoms with van der Waals surface area (Å²) >= 11 is 0. The van der Waals surface area contributed by atoms with Gasteiger partial charge in [-0.05, 0) is 57.0 Å². The lowest BCUT2D eigenvalue weighted by Crippen LogP contribution is -2.33. The van der Waals surface area contributed by atoms with E-state index in [1.807, 2.05) is 55.5 Å². The van der Waals surface area contributed by atoms with Crippen LogP contribution in [0.5, 0.6) is 0 Å². The van der Waals surface area contributed by atoms with Gasteiger partial charge in [0.15, 0.2) is 5.65 Å². The van der Waals surface area contributed by atoms with Gasteiger partial charge in [0.25, 0.3) is 11.5 Å². The van der Waals surface area contributed by atoms with Crippen LogP contribution in [-0.4, -0.2) is 30.1 Å². The second-order valence-electron chi connectivity index (χ2n) is 9.59. The fourth-order valence-electron chi connectivity index (χ4n) is 4.80. The van der Waals surface area contributed by atoms with Crippen molar-refractivity contribution in [2.75, 3.05) is 0 Å². The van der Waals surface area contributed by atoms with Crippen molar-refractivity contribution in [3.05, 3.63) is 100.0 Å². The number of nitrogens with one attached hydrogen (secondary N) is 1. The molecular formula is C30H26N6O2. The molecule has 1 N–H and O–H groups in total. The number of hydrogen-bond acceptors (Lipinski definition) is 5. The predicted molar refractivity (Wildman–Crippen MR) is 145 cm³/mol. The molecule has 0 bridgehead atoms. The topological polar surface area (TPSA) is 94.2 Å². The zero-order valence-electron chi connectivity index (χ0n) is 21.2. The second-order valence-corrected chi connectivity index (χ2v) is 9.59. The first-order valence-corrected chi connectivity index (χ1v) is 12.7. The van der Waals surface area contributed by atoms with Crippen molar-refractivity contribution in [2.24, 2.45) is 5.92 Å². The molecule has 0 unspecified atom stereocenters. The van der Waals surface area contributed by atoms with Gasteiger partial charge in [-0.25, -0.2) is 14.5 Å². The van der Waals surface area contributed by atoms with E-state index in [0.29, 0.717) is 50.8 Å². The van der Waals surface area contributed by atoms with E-state index in [9.17, 15) is 9.59 Å². The SMILES string of the molecule is Cc1nn2cccnc2c1C(=O)N[C@H](C)c1nc2cccc(C#CC3CCC3)c2c(=O)n1-c1ccccc1. The Kier molecular flexibility index (Phi) is 5.97. The highest BCUT2D eigenvalue weighted by molar-refractivity contribution is 6.01. The minimum absolute atomic E-state index is 0.218. The first kappa shape index (κ1) is 23.6. The third-order valence-electron chi connectivity index (χ3n) is 6.99. The van der Waals surface area contributed by atoms with Crippen molar-refractivity contribution in [2.45, 2.75) is 39.2 Å². The molecular weight excluding hydrogens is 476 g/mol. The monoisotopic (exact) mass is 502 g/mol. The van der Waals surface area contributed by atoms with Crippen LogP contribution in [0.15, 0.2) is 71.8 Å². The van der Waals surface area contributed by atoms with Crippen molar-refractivity contribution in [1.82, 2.24) is 29.5 Å². The fraction of sp³-hybridized carbons (Fsp3) is 0.233. The Hall–Kier alpha value is -4.77. The van der Waals surface area contributed by atoms with Gasteiger partial charge in [0.2, 0.25) is 0 Å². The minimum Gasteiger partial charge on any atom is -0.342 e. The van der Waals surface area contributed by atoms with E-state index in [1.54, 1.807) is 34.5 Å². The summed E-state index contributed by atoms with van der Waals surface area (Å²) < 4.78 is 3.15. The fourth-order valence-corrected chi connectivity index (χ4v) is 4.80. The van der Waals surface area contributed by atoms with Gasteiger partial charge in [-0.1, -0.05) is 42.5 Å². The Morgan fingerprint density at radius 2 is 1.92 bits per heavy atom. The van der Waals surface area contributed by atoms with Gasteiger partial charge >= 0.3 is 0 Å². The van der Waals surface area contributed by atoms with E-state index in [-0.39, 0.29) is 11.5 Å². The third kappa shape index (κ3) is 4.12. The van der Waals surface area contributed by atoms with Crippen LogP contribution in [0.25, 0.3) is 22.2 Å². The number of carbonyl (C=O) groups is 1. The normalized spacial score (nSPS) is 14.1. The van der Waals surface area contributed by atoms with Gasteiger partial charge in [0, 0.05) is 23.9 Å². The highest BCUT2D eigenvalue weighted by atomic mass is 16.2. The molecule has 38 heavy (non-hydrogen) atoms. The molecule has 188 valence electrons. The molecule has 8 nitrogen and oxygen atoms in total. The van der Waals surface area contributed by atoms with Crippen LogP contribution in [0, 0.1) is 24.7 Å². The molecule has 1 aliphatic carbocycles. The Morgan fingerprint density at radius 3 is 2.68 bits per heavy atom. The molecule has 5 aromatic rings. The molecule has 1 atom stereocenters. The number of hydrogen-bond donors (Lipinski definition) is 1. The molecule has 0 aliphatic heterocycles. The number of aryl methyl sites for hydroxylation is 1. The summed E-state index contributed by atoms with van der Waals surface area (Å²) in [5, 5.41) is 7.89. The maximum absolute atomic E-state index is 14.1. The summed E-state index contributed by atoms with van der Waals surface area (Å²) in [6, 6.07) is 16.1. The lowest BCUT2D eigenvalue weighted by molar-refractivity contribution is 0.0938. The summed E-state index contributed by atoms with van der Waals surface area (Å²) in [5.41, 5.74) is 3.09. The van der Waals surface area contributed by atoms with Crippen LogP contribution >= 0.6 is 0 Å². The lowest BCUT2D eigenvalue weighted by Gasteiger charge is -2.20. The number of fused-ring (bicyclic) bond motifs is 2. The van der Waals surface area contributed by atoms with Crippen LogP contribution in [-0.2, 0) is 0 Å². The molecule has 1 fully saturated rings. The number of benzene rings is 2. The van der Waals surface area contributed by atoms with Gasteiger partial charge in [-0.15, -0.1) is 0 Å². The van der Waals surface area contributed by atoms with E-state index in [2.05, 4.69) is 27.2 Å². The third-order valence-corrected chi connectivity index (χ3v) is 6.99. The van der Waals surface area contributed by atoms with E-state index in [1.165, 1.54) is 6.42 Å². The number of nitrogens with zero attached hydrogens (tertiary/aromatic N) is 5. The maximum atomic E-state index is 14.1. The van der Waals surface area contributed by atoms with Gasteiger partial charge in [0.1, 0.15) is 11.4 Å². The smallest absolute Gasteiger partial charge is 0.267 e. The quantitative estimate of drug-likeness (QED) is 0.368. The van der Waals surface area contributed by atoms with Gasteiger partial charge in [0.05, 0.1) is 28.3 Å². The van der Waals surface area contributed by atoms with Crippen molar-refractivity contribution in [1.29, 1.82) is 0 Å². The molecule has 1 aliphatic rings. The Bertz CT molecular complexity index is 1810. The number of amides is 1. The average Bonchev–Trinajstić information content (AvgIpc) is 3.23. The molecule has 1 amide bonds. The van der Waals surface area contributed by atoms with E-state index in [4.69, 9.17) is 4.98 Å². The molecule has 6 rings (SSSR count). The standard InChI is InChI=1S/C30H26N6O2/c1-19-25(28-31-17-8-18-35(28)34-19)29(37)32-20(2)27-33-24-14-7-11-22(16-15-21-9-6-10-21)26(24)30(38)36(27)23-12-4-3-5-13-23/h3-5,7-8,11-14,17-18,20-21H,6,9-10H2,1-2H3,(H,32,37)/t20-/m1/s1. The van der Waals surface area contributed by atoms with E-state index in [0.717, 1.165) is 12.8 Å². The molecule has 8 heteroatoms. The first-order chi connectivity index (χ1) is 18.5. The highest BCUT2D eigenvalue weighted by Gasteiger charge is 2.24. The van der Waals surface area contributed by atoms with Crippen LogP contribution < -0.4 is 10.9 Å². The molecule has 3 aromatic heterocycles. The van der Waals surface area contributed by atoms with E-state index >= 15 is 0 Å². The van der Waals surface area contributed by atoms with E-state index < -0.39 is 6.04 Å². The summed E-state index contributed by atoms with van der Waals surface area (Å²) in [7, 11) is 0. The molecule has 0 spiro atoms. The molecule has 0 saturated heterocycles. The summed E-state index contributed by atoms with van der Waals surface area (Å²) in [5.74, 6) is 7.04. The molecule has 0 radical (unpaired) electrons. The van der Waals surface area contributed by atoms with Crippen molar-refractivity contribution in [3.63, 3.8) is 0 Å². The van der Waals surface area contributed by atoms with Crippen molar-refractivity contribution in [3.8, 4) is 17.5 Å². The lowest BCUT2D eigenvalue weighted by atomic mass is 9.86. The van der Waals surface area contributed by atoms with Crippen LogP contribution in [0.4, 0.5) is 0 Å². The summed E-state index contributed by atoms with van der Waals surface area (Å²) in [6.45, 7) is 3.59. The average molecular weight is 503 g/mol. The Labute approximate surface area is 219 Å². The maximum Gasteiger partial charge on any atom is 0.267 e. The Morgan fingerprint density at radius 1 is 1.11 bits per heavy atom. The number of rotatable bonds is 4. The van der Waals surface area contributed by atoms with Gasteiger partial charge in [-0.2, -0.15) is 5.10 Å². The summed E-state index contributed by atoms with van der Waals surface area (Å²) in [6.07, 6.45) is 6.79. The van der Waals surface area contributed by atoms with Crippen LogP contribution in [0.3, 0.4) is 0 Å². The molecule has 1 saturated carbocycles. The van der Waals surface area contributed by atoms with Gasteiger partial charge in [-0.3, -0.25) is 14.2 Å². The second kappa shape index (κ2) is 9.60. The molecule has 2 aromatic carbocycles. The predicted octanol–water partition coefficient (Wildman–Crippen LogP) is 4.38. The zero-order valence-corrected chi connectivity index (χ0v) is 21.2. The minimum atomic E-state index is -0.595. The summed E-state index contributed by atoms with van der Waals surface area (Å²) in [4.78, 5) is 36.7. The number of para-hydroxylation sites is 1. The van der Waals surface area contributed by atoms with Crippen molar-refractivity contribution >= 4 is 22.5 Å². The van der Waals surface area contributed by atoms with Crippen LogP contribution in [0.1, 0.15) is 59.7 Å². The number of aromatic nitrogens is 5. The largest absolute Gasteiger partial charge is 0.342 e. The molecule has 3 heterocycles. The Balaban J connectivity index is 1.47. The zero-order chi connectivity index (χ0) is 26.2. The van der Waals surface area contributed by atoms with Crippen molar-refractivity contribution < 1.29 is 4.79 Å².